The lowest BCUT2D eigenvalue weighted by Crippen LogP contribution is -2.25. The Kier molecular flexibility index (Phi) is 6.94. The van der Waals surface area contributed by atoms with E-state index >= 15 is 0 Å². The minimum Gasteiger partial charge on any atom is -0.478 e. The van der Waals surface area contributed by atoms with Crippen LogP contribution in [0.15, 0.2) is 23.5 Å². The largest absolute Gasteiger partial charge is 0.478 e. The third kappa shape index (κ3) is 5.23. The quantitative estimate of drug-likeness (QED) is 0.499. The van der Waals surface area contributed by atoms with Crippen LogP contribution in [0.25, 0.3) is 0 Å². The van der Waals surface area contributed by atoms with Gasteiger partial charge in [0, 0.05) is 18.8 Å². The van der Waals surface area contributed by atoms with E-state index in [4.69, 9.17) is 4.74 Å². The molecule has 1 aromatic heterocycles. The third-order valence-corrected chi connectivity index (χ3v) is 2.81. The van der Waals surface area contributed by atoms with Gasteiger partial charge in [-0.2, -0.15) is 4.91 Å². The van der Waals surface area contributed by atoms with Gasteiger partial charge in [0.2, 0.25) is 5.88 Å². The van der Waals surface area contributed by atoms with Crippen LogP contribution in [-0.4, -0.2) is 36.1 Å². The Morgan fingerprint density at radius 2 is 2.11 bits per heavy atom. The molecule has 0 aliphatic heterocycles. The van der Waals surface area contributed by atoms with Gasteiger partial charge in [-0.25, -0.2) is 4.98 Å². The highest BCUT2D eigenvalue weighted by atomic mass is 16.5. The van der Waals surface area contributed by atoms with Crippen molar-refractivity contribution in [2.24, 2.45) is 5.18 Å². The summed E-state index contributed by atoms with van der Waals surface area (Å²) in [6.07, 6.45) is 2.61. The zero-order chi connectivity index (χ0) is 13.2. The van der Waals surface area contributed by atoms with Crippen LogP contribution in [-0.2, 0) is 6.54 Å². The molecule has 0 amide bonds. The molecule has 0 atom stereocenters. The van der Waals surface area contributed by atoms with Crippen LogP contribution >= 0.6 is 0 Å². The van der Waals surface area contributed by atoms with Crippen LogP contribution in [0.4, 0.5) is 0 Å². The van der Waals surface area contributed by atoms with Crippen molar-refractivity contribution in [1.82, 2.24) is 9.88 Å². The van der Waals surface area contributed by atoms with E-state index in [1.807, 2.05) is 6.07 Å². The van der Waals surface area contributed by atoms with E-state index in [9.17, 15) is 4.91 Å². The monoisotopic (exact) mass is 251 g/mol. The summed E-state index contributed by atoms with van der Waals surface area (Å²) in [6.45, 7) is 8.33. The average molecular weight is 251 g/mol. The van der Waals surface area contributed by atoms with Gasteiger partial charge in [0.05, 0.1) is 6.61 Å². The second-order valence-corrected chi connectivity index (χ2v) is 4.02. The summed E-state index contributed by atoms with van der Waals surface area (Å²) in [6, 6.07) is 3.59. The van der Waals surface area contributed by atoms with Gasteiger partial charge in [-0.3, -0.25) is 0 Å². The number of nitroso groups, excluding NO2 is 1. The molecule has 0 N–H and O–H groups in total. The van der Waals surface area contributed by atoms with Crippen LogP contribution in [0.3, 0.4) is 0 Å². The Bertz CT molecular complexity index is 337. The molecule has 0 radical (unpaired) electrons. The summed E-state index contributed by atoms with van der Waals surface area (Å²) in [5.41, 5.74) is 0.806. The molecule has 0 saturated carbocycles. The maximum atomic E-state index is 10.1. The molecule has 5 heteroatoms. The van der Waals surface area contributed by atoms with Gasteiger partial charge in [0.1, 0.15) is 6.54 Å². The van der Waals surface area contributed by atoms with Gasteiger partial charge < -0.3 is 9.64 Å². The molecule has 0 saturated heterocycles. The Balaban J connectivity index is 2.24. The highest BCUT2D eigenvalue weighted by molar-refractivity contribution is 5.17. The minimum absolute atomic E-state index is 0.162. The van der Waals surface area contributed by atoms with Crippen molar-refractivity contribution in [2.75, 3.05) is 26.2 Å². The number of nitrogens with zero attached hydrogens (tertiary/aromatic N) is 3. The number of pyridine rings is 1. The lowest BCUT2D eigenvalue weighted by atomic mass is 10.3. The van der Waals surface area contributed by atoms with Gasteiger partial charge in [0.15, 0.2) is 0 Å². The van der Waals surface area contributed by atoms with Gasteiger partial charge >= 0.3 is 0 Å². The summed E-state index contributed by atoms with van der Waals surface area (Å²) < 4.78 is 5.53. The molecule has 0 bridgehead atoms. The van der Waals surface area contributed by atoms with E-state index in [0.717, 1.165) is 31.6 Å². The van der Waals surface area contributed by atoms with Gasteiger partial charge in [0.25, 0.3) is 0 Å². The summed E-state index contributed by atoms with van der Waals surface area (Å²) in [5, 5.41) is 2.81. The molecule has 1 heterocycles. The number of ether oxygens (including phenoxy) is 1. The molecule has 0 unspecified atom stereocenters. The Morgan fingerprint density at radius 3 is 2.67 bits per heavy atom. The van der Waals surface area contributed by atoms with E-state index in [0.29, 0.717) is 12.5 Å². The molecule has 0 aliphatic rings. The van der Waals surface area contributed by atoms with Crippen molar-refractivity contribution >= 4 is 0 Å². The molecule has 0 fully saturated rings. The van der Waals surface area contributed by atoms with E-state index in [-0.39, 0.29) is 6.54 Å². The molecule has 0 aliphatic carbocycles. The highest BCUT2D eigenvalue weighted by Crippen LogP contribution is 2.08. The Morgan fingerprint density at radius 1 is 1.33 bits per heavy atom. The smallest absolute Gasteiger partial charge is 0.213 e. The number of hydrogen-bond donors (Lipinski definition) is 0. The van der Waals surface area contributed by atoms with E-state index in [1.165, 1.54) is 0 Å². The fourth-order valence-electron chi connectivity index (χ4n) is 1.67. The second-order valence-electron chi connectivity index (χ2n) is 4.02. The Labute approximate surface area is 108 Å². The predicted octanol–water partition coefficient (Wildman–Crippen LogP) is 2.46. The van der Waals surface area contributed by atoms with Crippen LogP contribution in [0.2, 0.25) is 0 Å². The van der Waals surface area contributed by atoms with Crippen molar-refractivity contribution in [3.8, 4) is 5.88 Å². The van der Waals surface area contributed by atoms with Crippen LogP contribution in [0.1, 0.15) is 25.8 Å². The molecule has 1 aromatic rings. The van der Waals surface area contributed by atoms with Crippen LogP contribution < -0.4 is 4.74 Å². The maximum absolute atomic E-state index is 10.1. The standard InChI is InChI=1S/C13H21N3O2/c1-3-16(4-2)8-5-9-18-13-7-6-12(10-14-13)11-15-17/h6-7,10H,3-5,8-9,11H2,1-2H3. The first-order chi connectivity index (χ1) is 8.80. The fraction of sp³-hybridized carbons (Fsp3) is 0.615. The van der Waals surface area contributed by atoms with Crippen molar-refractivity contribution in [3.63, 3.8) is 0 Å². The van der Waals surface area contributed by atoms with Crippen molar-refractivity contribution in [2.45, 2.75) is 26.8 Å². The first-order valence-corrected chi connectivity index (χ1v) is 6.39. The number of hydrogen-bond acceptors (Lipinski definition) is 5. The highest BCUT2D eigenvalue weighted by Gasteiger charge is 2.00. The zero-order valence-electron chi connectivity index (χ0n) is 11.1. The van der Waals surface area contributed by atoms with Crippen LogP contribution in [0.5, 0.6) is 5.88 Å². The lowest BCUT2D eigenvalue weighted by Gasteiger charge is -2.17. The van der Waals surface area contributed by atoms with Crippen LogP contribution in [0, 0.1) is 4.91 Å². The van der Waals surface area contributed by atoms with Gasteiger partial charge in [-0.15, -0.1) is 0 Å². The minimum atomic E-state index is 0.162. The molecular formula is C13H21N3O2. The van der Waals surface area contributed by atoms with E-state index in [1.54, 1.807) is 12.3 Å². The summed E-state index contributed by atoms with van der Waals surface area (Å²) in [5.74, 6) is 0.601. The lowest BCUT2D eigenvalue weighted by molar-refractivity contribution is 0.244. The second kappa shape index (κ2) is 8.58. The number of rotatable bonds is 9. The third-order valence-electron chi connectivity index (χ3n) is 2.81. The topological polar surface area (TPSA) is 54.8 Å². The first-order valence-electron chi connectivity index (χ1n) is 6.39. The normalized spacial score (nSPS) is 10.6. The summed E-state index contributed by atoms with van der Waals surface area (Å²) in [7, 11) is 0. The summed E-state index contributed by atoms with van der Waals surface area (Å²) in [4.78, 5) is 16.6. The average Bonchev–Trinajstić information content (AvgIpc) is 2.41. The van der Waals surface area contributed by atoms with E-state index in [2.05, 4.69) is 28.9 Å². The predicted molar refractivity (Wildman–Crippen MR) is 71.6 cm³/mol. The first kappa shape index (κ1) is 14.6. The van der Waals surface area contributed by atoms with E-state index < -0.39 is 0 Å². The molecule has 0 aromatic carbocycles. The molecule has 0 spiro atoms. The van der Waals surface area contributed by atoms with Gasteiger partial charge in [-0.1, -0.05) is 25.1 Å². The summed E-state index contributed by atoms with van der Waals surface area (Å²) >= 11 is 0. The molecule has 18 heavy (non-hydrogen) atoms. The van der Waals surface area contributed by atoms with Gasteiger partial charge in [-0.05, 0) is 25.1 Å². The zero-order valence-corrected chi connectivity index (χ0v) is 11.1. The molecule has 1 rings (SSSR count). The molecular weight excluding hydrogens is 230 g/mol. The van der Waals surface area contributed by atoms with Crippen molar-refractivity contribution in [1.29, 1.82) is 0 Å². The number of aromatic nitrogens is 1. The fourth-order valence-corrected chi connectivity index (χ4v) is 1.67. The SMILES string of the molecule is CCN(CC)CCCOc1ccc(CN=O)cn1. The maximum Gasteiger partial charge on any atom is 0.213 e. The van der Waals surface area contributed by atoms with Crippen molar-refractivity contribution in [3.05, 3.63) is 28.8 Å². The Hall–Kier alpha value is -1.49. The van der Waals surface area contributed by atoms with Crippen molar-refractivity contribution < 1.29 is 4.74 Å². The molecule has 5 nitrogen and oxygen atoms in total. The molecule has 100 valence electrons.